The van der Waals surface area contributed by atoms with Crippen molar-refractivity contribution in [3.8, 4) is 0 Å². The van der Waals surface area contributed by atoms with Gasteiger partial charge in [-0.1, -0.05) is 12.1 Å². The Morgan fingerprint density at radius 3 is 3.09 bits per heavy atom. The molecule has 0 radical (unpaired) electrons. The zero-order valence-electron chi connectivity index (χ0n) is 13.0. The molecule has 1 aliphatic heterocycles. The Labute approximate surface area is 131 Å². The highest BCUT2D eigenvalue weighted by atomic mass is 16.5. The van der Waals surface area contributed by atoms with Crippen LogP contribution in [-0.2, 0) is 16.1 Å². The van der Waals surface area contributed by atoms with Crippen molar-refractivity contribution in [1.82, 2.24) is 4.90 Å². The number of β-amino-alcohol motifs (C(OH)–C–C–N with tert-alkyl or cyclic N) is 1. The fourth-order valence-electron chi connectivity index (χ4n) is 2.41. The minimum atomic E-state index is -0.417. The van der Waals surface area contributed by atoms with Gasteiger partial charge in [-0.2, -0.15) is 0 Å². The number of urea groups is 1. The summed E-state index contributed by atoms with van der Waals surface area (Å²) < 4.78 is 10.4. The second-order valence-electron chi connectivity index (χ2n) is 5.42. The molecule has 2 amide bonds. The highest BCUT2D eigenvalue weighted by Crippen LogP contribution is 2.15. The molecular weight excluding hydrogens is 284 g/mol. The number of rotatable bonds is 6. The fraction of sp³-hybridized carbons (Fsp3) is 0.562. The van der Waals surface area contributed by atoms with Gasteiger partial charge in [0.05, 0.1) is 25.9 Å². The van der Waals surface area contributed by atoms with Crippen LogP contribution in [0.4, 0.5) is 10.5 Å². The summed E-state index contributed by atoms with van der Waals surface area (Å²) in [6, 6.07) is 7.40. The molecule has 0 bridgehead atoms. The van der Waals surface area contributed by atoms with Gasteiger partial charge in [0, 0.05) is 25.9 Å². The van der Waals surface area contributed by atoms with E-state index >= 15 is 0 Å². The molecule has 0 aromatic heterocycles. The quantitative estimate of drug-likeness (QED) is 0.787. The van der Waals surface area contributed by atoms with E-state index in [2.05, 4.69) is 5.32 Å². The van der Waals surface area contributed by atoms with Gasteiger partial charge in [0.15, 0.2) is 0 Å². The first-order chi connectivity index (χ1) is 10.7. The lowest BCUT2D eigenvalue weighted by atomic mass is 10.1. The lowest BCUT2D eigenvalue weighted by molar-refractivity contribution is 0.0617. The third kappa shape index (κ3) is 5.29. The van der Waals surface area contributed by atoms with Crippen LogP contribution in [0.2, 0.25) is 0 Å². The number of aliphatic hydroxyl groups is 1. The minimum absolute atomic E-state index is 0.170. The average Bonchev–Trinajstić information content (AvgIpc) is 2.52. The molecule has 1 aliphatic rings. The predicted octanol–water partition coefficient (Wildman–Crippen LogP) is 1.84. The zero-order chi connectivity index (χ0) is 15.8. The number of nitrogens with one attached hydrogen (secondary N) is 1. The van der Waals surface area contributed by atoms with E-state index in [1.54, 1.807) is 12.0 Å². The Kier molecular flexibility index (Phi) is 6.64. The third-order valence-electron chi connectivity index (χ3n) is 3.56. The second kappa shape index (κ2) is 8.73. The third-order valence-corrected chi connectivity index (χ3v) is 3.56. The number of carbonyl (C=O) groups is 1. The summed E-state index contributed by atoms with van der Waals surface area (Å²) in [4.78, 5) is 13.8. The molecule has 1 unspecified atom stereocenters. The van der Waals surface area contributed by atoms with Crippen molar-refractivity contribution in [2.45, 2.75) is 25.6 Å². The Bertz CT molecular complexity index is 481. The Balaban J connectivity index is 1.85. The van der Waals surface area contributed by atoms with E-state index < -0.39 is 6.10 Å². The number of aliphatic hydroxyl groups excluding tert-OH is 1. The molecular formula is C16H24N2O4. The van der Waals surface area contributed by atoms with Crippen molar-refractivity contribution in [1.29, 1.82) is 0 Å². The van der Waals surface area contributed by atoms with Gasteiger partial charge in [-0.25, -0.2) is 4.79 Å². The van der Waals surface area contributed by atoms with E-state index in [1.165, 1.54) is 0 Å². The van der Waals surface area contributed by atoms with Crippen molar-refractivity contribution < 1.29 is 19.4 Å². The van der Waals surface area contributed by atoms with Crippen LogP contribution in [0.1, 0.15) is 18.4 Å². The lowest BCUT2D eigenvalue weighted by Crippen LogP contribution is -2.44. The number of amides is 2. The topological polar surface area (TPSA) is 71.0 Å². The first-order valence-electron chi connectivity index (χ1n) is 7.58. The van der Waals surface area contributed by atoms with E-state index in [-0.39, 0.29) is 6.03 Å². The van der Waals surface area contributed by atoms with Crippen LogP contribution in [0.5, 0.6) is 0 Å². The standard InChI is InChI=1S/C16H24N2O4/c1-21-8-9-22-12-13-4-2-5-14(10-13)17-16(20)18-7-3-6-15(19)11-18/h2,4-5,10,15,19H,3,6-9,11-12H2,1H3,(H,17,20). The van der Waals surface area contributed by atoms with E-state index in [1.807, 2.05) is 24.3 Å². The number of hydrogen-bond donors (Lipinski definition) is 2. The van der Waals surface area contributed by atoms with Gasteiger partial charge in [-0.3, -0.25) is 0 Å². The molecule has 1 heterocycles. The van der Waals surface area contributed by atoms with Crippen molar-refractivity contribution in [3.63, 3.8) is 0 Å². The maximum atomic E-state index is 12.2. The van der Waals surface area contributed by atoms with E-state index in [9.17, 15) is 9.90 Å². The van der Waals surface area contributed by atoms with Crippen molar-refractivity contribution in [3.05, 3.63) is 29.8 Å². The Morgan fingerprint density at radius 2 is 2.32 bits per heavy atom. The van der Waals surface area contributed by atoms with Crippen LogP contribution in [0.3, 0.4) is 0 Å². The highest BCUT2D eigenvalue weighted by molar-refractivity contribution is 5.89. The minimum Gasteiger partial charge on any atom is -0.391 e. The summed E-state index contributed by atoms with van der Waals surface area (Å²) in [5.41, 5.74) is 1.73. The molecule has 0 saturated carbocycles. The molecule has 1 saturated heterocycles. The maximum Gasteiger partial charge on any atom is 0.321 e. The smallest absolute Gasteiger partial charge is 0.321 e. The Hall–Kier alpha value is -1.63. The van der Waals surface area contributed by atoms with Crippen LogP contribution in [0.15, 0.2) is 24.3 Å². The molecule has 22 heavy (non-hydrogen) atoms. The number of nitrogens with zero attached hydrogens (tertiary/aromatic N) is 1. The molecule has 2 rings (SSSR count). The van der Waals surface area contributed by atoms with Crippen LogP contribution < -0.4 is 5.32 Å². The maximum absolute atomic E-state index is 12.2. The van der Waals surface area contributed by atoms with Crippen LogP contribution >= 0.6 is 0 Å². The molecule has 1 fully saturated rings. The molecule has 1 aromatic carbocycles. The first kappa shape index (κ1) is 16.7. The molecule has 0 spiro atoms. The summed E-state index contributed by atoms with van der Waals surface area (Å²) in [5.74, 6) is 0. The van der Waals surface area contributed by atoms with Gasteiger partial charge in [0.25, 0.3) is 0 Å². The zero-order valence-corrected chi connectivity index (χ0v) is 13.0. The summed E-state index contributed by atoms with van der Waals surface area (Å²) in [6.07, 6.45) is 1.18. The van der Waals surface area contributed by atoms with Gasteiger partial charge >= 0.3 is 6.03 Å². The molecule has 1 atom stereocenters. The summed E-state index contributed by atoms with van der Waals surface area (Å²) in [5, 5.41) is 12.5. The summed E-state index contributed by atoms with van der Waals surface area (Å²) >= 11 is 0. The van der Waals surface area contributed by atoms with Crippen molar-refractivity contribution >= 4 is 11.7 Å². The lowest BCUT2D eigenvalue weighted by Gasteiger charge is -2.30. The number of benzene rings is 1. The Morgan fingerprint density at radius 1 is 1.45 bits per heavy atom. The molecule has 2 N–H and O–H groups in total. The van der Waals surface area contributed by atoms with Crippen molar-refractivity contribution in [2.75, 3.05) is 38.7 Å². The summed E-state index contributed by atoms with van der Waals surface area (Å²) in [6.45, 7) is 2.66. The molecule has 6 heteroatoms. The number of carbonyl (C=O) groups excluding carboxylic acids is 1. The normalized spacial score (nSPS) is 18.3. The molecule has 1 aromatic rings. The fourth-order valence-corrected chi connectivity index (χ4v) is 2.41. The van der Waals surface area contributed by atoms with Crippen molar-refractivity contribution in [2.24, 2.45) is 0 Å². The predicted molar refractivity (Wildman–Crippen MR) is 83.8 cm³/mol. The monoisotopic (exact) mass is 308 g/mol. The summed E-state index contributed by atoms with van der Waals surface area (Å²) in [7, 11) is 1.64. The van der Waals surface area contributed by atoms with Crippen LogP contribution in [-0.4, -0.2) is 55.6 Å². The number of methoxy groups -OCH3 is 1. The number of hydrogen-bond acceptors (Lipinski definition) is 4. The van der Waals surface area contributed by atoms with E-state index in [4.69, 9.17) is 9.47 Å². The van der Waals surface area contributed by atoms with E-state index in [0.717, 1.165) is 24.1 Å². The number of piperidine rings is 1. The highest BCUT2D eigenvalue weighted by Gasteiger charge is 2.21. The second-order valence-corrected chi connectivity index (χ2v) is 5.42. The van der Waals surface area contributed by atoms with Gasteiger partial charge in [-0.15, -0.1) is 0 Å². The average molecular weight is 308 g/mol. The molecule has 0 aliphatic carbocycles. The number of likely N-dealkylation sites (tertiary alicyclic amines) is 1. The van der Waals surface area contributed by atoms with Gasteiger partial charge in [0.2, 0.25) is 0 Å². The molecule has 6 nitrogen and oxygen atoms in total. The van der Waals surface area contributed by atoms with Gasteiger partial charge in [0.1, 0.15) is 0 Å². The molecule has 122 valence electrons. The van der Waals surface area contributed by atoms with E-state index in [0.29, 0.717) is 32.9 Å². The van der Waals surface area contributed by atoms with Gasteiger partial charge < -0.3 is 24.8 Å². The van der Waals surface area contributed by atoms with Crippen LogP contribution in [0.25, 0.3) is 0 Å². The number of ether oxygens (including phenoxy) is 2. The number of anilines is 1. The SMILES string of the molecule is COCCOCc1cccc(NC(=O)N2CCCC(O)C2)c1. The largest absolute Gasteiger partial charge is 0.391 e. The first-order valence-corrected chi connectivity index (χ1v) is 7.58. The van der Waals surface area contributed by atoms with Crippen LogP contribution in [0, 0.1) is 0 Å². The van der Waals surface area contributed by atoms with Gasteiger partial charge in [-0.05, 0) is 30.5 Å².